The number of hydrogen-bond acceptors (Lipinski definition) is 4. The first kappa shape index (κ1) is 20.6. The van der Waals surface area contributed by atoms with Gasteiger partial charge in [0.2, 0.25) is 0 Å². The largest absolute Gasteiger partial charge is 0.468 e. The molecule has 6 heteroatoms. The van der Waals surface area contributed by atoms with Crippen molar-refractivity contribution in [3.05, 3.63) is 96.1 Å². The minimum Gasteiger partial charge on any atom is -0.468 e. The highest BCUT2D eigenvalue weighted by atomic mass is 16.3. The lowest BCUT2D eigenvalue weighted by Crippen LogP contribution is -2.34. The molecule has 1 unspecified atom stereocenters. The Morgan fingerprint density at radius 2 is 1.90 bits per heavy atom. The molecule has 158 valence electrons. The van der Waals surface area contributed by atoms with Crippen molar-refractivity contribution in [1.82, 2.24) is 20.0 Å². The first-order valence-electron chi connectivity index (χ1n) is 10.2. The minimum absolute atomic E-state index is 0.0643. The molecule has 6 nitrogen and oxygen atoms in total. The predicted molar refractivity (Wildman–Crippen MR) is 121 cm³/mol. The molecule has 0 saturated heterocycles. The molecule has 0 radical (unpaired) electrons. The third kappa shape index (κ3) is 4.59. The fourth-order valence-corrected chi connectivity index (χ4v) is 3.56. The molecule has 2 aromatic heterocycles. The Morgan fingerprint density at radius 3 is 2.58 bits per heavy atom. The Bertz CT molecular complexity index is 1150. The van der Waals surface area contributed by atoms with Gasteiger partial charge in [0.05, 0.1) is 23.6 Å². The van der Waals surface area contributed by atoms with Crippen molar-refractivity contribution in [2.24, 2.45) is 0 Å². The van der Waals surface area contributed by atoms with E-state index < -0.39 is 0 Å². The van der Waals surface area contributed by atoms with Crippen LogP contribution in [0.2, 0.25) is 0 Å². The third-order valence-electron chi connectivity index (χ3n) is 5.22. The van der Waals surface area contributed by atoms with Crippen LogP contribution >= 0.6 is 0 Å². The number of carbonyl (C=O) groups excluding carboxylic acids is 1. The second-order valence-corrected chi connectivity index (χ2v) is 7.75. The van der Waals surface area contributed by atoms with Crippen molar-refractivity contribution in [2.45, 2.75) is 13.0 Å². The van der Waals surface area contributed by atoms with Crippen molar-refractivity contribution in [3.63, 3.8) is 0 Å². The molecule has 4 aromatic rings. The van der Waals surface area contributed by atoms with Gasteiger partial charge < -0.3 is 9.73 Å². The Hall–Kier alpha value is -3.64. The molecule has 1 amide bonds. The molecule has 0 spiro atoms. The predicted octanol–water partition coefficient (Wildman–Crippen LogP) is 4.47. The molecule has 1 atom stereocenters. The Labute approximate surface area is 182 Å². The lowest BCUT2D eigenvalue weighted by atomic mass is 10.1. The van der Waals surface area contributed by atoms with E-state index in [9.17, 15) is 4.79 Å². The number of carbonyl (C=O) groups is 1. The van der Waals surface area contributed by atoms with Crippen LogP contribution in [0.25, 0.3) is 16.9 Å². The molecule has 2 aromatic carbocycles. The van der Waals surface area contributed by atoms with E-state index in [1.165, 1.54) is 0 Å². The second kappa shape index (κ2) is 9.02. The summed E-state index contributed by atoms with van der Waals surface area (Å²) in [7, 11) is 3.93. The average molecular weight is 415 g/mol. The van der Waals surface area contributed by atoms with E-state index in [4.69, 9.17) is 9.52 Å². The van der Waals surface area contributed by atoms with E-state index in [1.54, 1.807) is 17.1 Å². The van der Waals surface area contributed by atoms with Crippen LogP contribution in [0.15, 0.2) is 83.6 Å². The molecule has 0 bridgehead atoms. The van der Waals surface area contributed by atoms with E-state index in [-0.39, 0.29) is 11.9 Å². The molecule has 0 aliphatic carbocycles. The standard InChI is InChI=1S/C25H26N4O2/c1-18-9-7-10-19(15-18)24-21(17-29(27-24)20-11-5-4-6-12-20)25(30)26-16-22(28(2)3)23-13-8-14-31-23/h4-15,17,22H,16H2,1-3H3,(H,26,30). The van der Waals surface area contributed by atoms with Gasteiger partial charge in [0, 0.05) is 18.3 Å². The van der Waals surface area contributed by atoms with E-state index in [1.807, 2.05) is 92.6 Å². The molecule has 31 heavy (non-hydrogen) atoms. The van der Waals surface area contributed by atoms with E-state index in [0.29, 0.717) is 17.8 Å². The molecule has 0 aliphatic heterocycles. The number of hydrogen-bond donors (Lipinski definition) is 1. The molecule has 0 saturated carbocycles. The number of likely N-dealkylation sites (N-methyl/N-ethyl adjacent to an activating group) is 1. The van der Waals surface area contributed by atoms with Gasteiger partial charge in [0.15, 0.2) is 0 Å². The number of nitrogens with one attached hydrogen (secondary N) is 1. The van der Waals surface area contributed by atoms with Crippen LogP contribution in [-0.4, -0.2) is 41.2 Å². The van der Waals surface area contributed by atoms with Crippen molar-refractivity contribution < 1.29 is 9.21 Å². The first-order chi connectivity index (χ1) is 15.0. The number of aryl methyl sites for hydroxylation is 1. The molecule has 2 heterocycles. The summed E-state index contributed by atoms with van der Waals surface area (Å²) in [6.07, 6.45) is 3.44. The highest BCUT2D eigenvalue weighted by molar-refractivity contribution is 6.00. The van der Waals surface area contributed by atoms with Gasteiger partial charge in [0.25, 0.3) is 5.91 Å². The average Bonchev–Trinajstić information content (AvgIpc) is 3.45. The maximum absolute atomic E-state index is 13.3. The summed E-state index contributed by atoms with van der Waals surface area (Å²) in [5.74, 6) is 0.640. The van der Waals surface area contributed by atoms with Gasteiger partial charge >= 0.3 is 0 Å². The van der Waals surface area contributed by atoms with Gasteiger partial charge in [-0.05, 0) is 51.4 Å². The monoisotopic (exact) mass is 414 g/mol. The zero-order valence-electron chi connectivity index (χ0n) is 17.9. The number of furan rings is 1. The summed E-state index contributed by atoms with van der Waals surface area (Å²) in [5.41, 5.74) is 4.12. The molecule has 0 fully saturated rings. The van der Waals surface area contributed by atoms with E-state index in [0.717, 1.165) is 22.6 Å². The number of rotatable bonds is 7. The zero-order chi connectivity index (χ0) is 21.8. The lowest BCUT2D eigenvalue weighted by Gasteiger charge is -2.22. The fraction of sp³-hybridized carbons (Fsp3) is 0.200. The maximum atomic E-state index is 13.3. The second-order valence-electron chi connectivity index (χ2n) is 7.75. The van der Waals surface area contributed by atoms with Crippen molar-refractivity contribution >= 4 is 5.91 Å². The highest BCUT2D eigenvalue weighted by Gasteiger charge is 2.22. The summed E-state index contributed by atoms with van der Waals surface area (Å²) in [6.45, 7) is 2.45. The first-order valence-corrected chi connectivity index (χ1v) is 10.2. The summed E-state index contributed by atoms with van der Waals surface area (Å²) in [5, 5.41) is 7.82. The number of nitrogens with zero attached hydrogens (tertiary/aromatic N) is 3. The lowest BCUT2D eigenvalue weighted by molar-refractivity contribution is 0.0939. The number of aromatic nitrogens is 2. The molecule has 1 N–H and O–H groups in total. The van der Waals surface area contributed by atoms with Crippen LogP contribution in [0, 0.1) is 6.92 Å². The van der Waals surface area contributed by atoms with Gasteiger partial charge in [-0.15, -0.1) is 0 Å². The van der Waals surface area contributed by atoms with E-state index in [2.05, 4.69) is 5.32 Å². The minimum atomic E-state index is -0.169. The number of benzene rings is 2. The van der Waals surface area contributed by atoms with Gasteiger partial charge in [-0.1, -0.05) is 42.0 Å². The van der Waals surface area contributed by atoms with Crippen LogP contribution in [-0.2, 0) is 0 Å². The zero-order valence-corrected chi connectivity index (χ0v) is 17.9. The topological polar surface area (TPSA) is 63.3 Å². The number of amides is 1. The number of para-hydroxylation sites is 1. The Kier molecular flexibility index (Phi) is 6.00. The van der Waals surface area contributed by atoms with Crippen LogP contribution in [0.3, 0.4) is 0 Å². The highest BCUT2D eigenvalue weighted by Crippen LogP contribution is 2.25. The fourth-order valence-electron chi connectivity index (χ4n) is 3.56. The molecule has 0 aliphatic rings. The molecule has 4 rings (SSSR count). The van der Waals surface area contributed by atoms with Crippen molar-refractivity contribution in [2.75, 3.05) is 20.6 Å². The van der Waals surface area contributed by atoms with Crippen LogP contribution in [0.1, 0.15) is 27.7 Å². The third-order valence-corrected chi connectivity index (χ3v) is 5.22. The van der Waals surface area contributed by atoms with Gasteiger partial charge in [0.1, 0.15) is 11.5 Å². The summed E-state index contributed by atoms with van der Waals surface area (Å²) in [4.78, 5) is 15.3. The summed E-state index contributed by atoms with van der Waals surface area (Å²) < 4.78 is 7.31. The van der Waals surface area contributed by atoms with Crippen LogP contribution < -0.4 is 5.32 Å². The van der Waals surface area contributed by atoms with Crippen molar-refractivity contribution in [1.29, 1.82) is 0 Å². The van der Waals surface area contributed by atoms with Gasteiger partial charge in [-0.3, -0.25) is 9.69 Å². The summed E-state index contributed by atoms with van der Waals surface area (Å²) in [6, 6.07) is 21.5. The summed E-state index contributed by atoms with van der Waals surface area (Å²) >= 11 is 0. The maximum Gasteiger partial charge on any atom is 0.255 e. The normalized spacial score (nSPS) is 12.1. The Morgan fingerprint density at radius 1 is 1.10 bits per heavy atom. The molecular formula is C25H26N4O2. The Balaban J connectivity index is 1.65. The smallest absolute Gasteiger partial charge is 0.255 e. The molecular weight excluding hydrogens is 388 g/mol. The van der Waals surface area contributed by atoms with Crippen molar-refractivity contribution in [3.8, 4) is 16.9 Å². The quantitative estimate of drug-likeness (QED) is 0.485. The van der Waals surface area contributed by atoms with Crippen LogP contribution in [0.4, 0.5) is 0 Å². The van der Waals surface area contributed by atoms with Gasteiger partial charge in [-0.2, -0.15) is 5.10 Å². The SMILES string of the molecule is Cc1cccc(-c2nn(-c3ccccc3)cc2C(=O)NCC(c2ccco2)N(C)C)c1. The van der Waals surface area contributed by atoms with Gasteiger partial charge in [-0.25, -0.2) is 4.68 Å². The van der Waals surface area contributed by atoms with E-state index >= 15 is 0 Å². The van der Waals surface area contributed by atoms with Crippen LogP contribution in [0.5, 0.6) is 0 Å².